The number of nitrogens with two attached hydrogens (primary N) is 1. The second kappa shape index (κ2) is 6.30. The molecule has 0 aliphatic carbocycles. The number of hydrogen-bond acceptors (Lipinski definition) is 5. The molecule has 0 aliphatic heterocycles. The second-order valence-corrected chi connectivity index (χ2v) is 4.41. The van der Waals surface area contributed by atoms with Gasteiger partial charge in [0.2, 0.25) is 0 Å². The Bertz CT molecular complexity index is 421. The predicted octanol–water partition coefficient (Wildman–Crippen LogP) is 0.901. The van der Waals surface area contributed by atoms with E-state index >= 15 is 0 Å². The van der Waals surface area contributed by atoms with Crippen LogP contribution in [0.4, 0.5) is 5.69 Å². The summed E-state index contributed by atoms with van der Waals surface area (Å²) in [6.07, 6.45) is 1.49. The van der Waals surface area contributed by atoms with Crippen LogP contribution in [0.15, 0.2) is 6.20 Å². The summed E-state index contributed by atoms with van der Waals surface area (Å²) < 4.78 is 4.93. The molecular formula is C12H20N4O2. The van der Waals surface area contributed by atoms with Crippen molar-refractivity contribution in [3.05, 3.63) is 17.7 Å². The lowest BCUT2D eigenvalue weighted by Gasteiger charge is -2.17. The summed E-state index contributed by atoms with van der Waals surface area (Å²) in [6, 6.07) is 0. The Morgan fingerprint density at radius 2 is 2.22 bits per heavy atom. The van der Waals surface area contributed by atoms with Crippen molar-refractivity contribution in [3.63, 3.8) is 0 Å². The molecule has 1 aromatic heterocycles. The van der Waals surface area contributed by atoms with Crippen LogP contribution in [0.2, 0.25) is 0 Å². The molecule has 0 aliphatic rings. The molecule has 0 saturated heterocycles. The Morgan fingerprint density at radius 3 is 2.78 bits per heavy atom. The lowest BCUT2D eigenvalue weighted by molar-refractivity contribution is 0.0739. The lowest BCUT2D eigenvalue weighted by Crippen LogP contribution is -2.31. The van der Waals surface area contributed by atoms with Crippen molar-refractivity contribution >= 4 is 11.6 Å². The Hall–Kier alpha value is -1.69. The third-order valence-corrected chi connectivity index (χ3v) is 2.53. The van der Waals surface area contributed by atoms with Gasteiger partial charge in [-0.25, -0.2) is 9.97 Å². The minimum atomic E-state index is -0.214. The molecule has 0 saturated carbocycles. The molecule has 1 amide bonds. The normalized spacial score (nSPS) is 10.7. The number of ether oxygens (including phenoxy) is 1. The molecule has 18 heavy (non-hydrogen) atoms. The maximum Gasteiger partial charge on any atom is 0.274 e. The lowest BCUT2D eigenvalue weighted by atomic mass is 10.2. The number of carbonyl (C=O) groups excluding carboxylic acids is 1. The smallest absolute Gasteiger partial charge is 0.274 e. The number of carbonyl (C=O) groups is 1. The molecule has 1 rings (SSSR count). The molecular weight excluding hydrogens is 232 g/mol. The van der Waals surface area contributed by atoms with Crippen LogP contribution in [0, 0.1) is 0 Å². The summed E-state index contributed by atoms with van der Waals surface area (Å²) in [5.74, 6) is 0.558. The van der Waals surface area contributed by atoms with Crippen molar-refractivity contribution in [2.45, 2.75) is 19.8 Å². The maximum absolute atomic E-state index is 12.1. The molecule has 0 spiro atoms. The highest BCUT2D eigenvalue weighted by atomic mass is 16.5. The number of likely N-dealkylation sites (N-methyl/N-ethyl adjacent to an activating group) is 1. The van der Waals surface area contributed by atoms with E-state index in [1.165, 1.54) is 11.1 Å². The summed E-state index contributed by atoms with van der Waals surface area (Å²) >= 11 is 0. The van der Waals surface area contributed by atoms with Gasteiger partial charge < -0.3 is 15.4 Å². The Kier molecular flexibility index (Phi) is 5.03. The van der Waals surface area contributed by atoms with Crippen molar-refractivity contribution in [2.24, 2.45) is 0 Å². The van der Waals surface area contributed by atoms with Crippen LogP contribution in [-0.2, 0) is 4.74 Å². The molecule has 0 fully saturated rings. The van der Waals surface area contributed by atoms with Gasteiger partial charge in [0, 0.05) is 26.6 Å². The fourth-order valence-corrected chi connectivity index (χ4v) is 1.36. The molecule has 100 valence electrons. The number of nitrogen functional groups attached to an aromatic ring is 1. The number of anilines is 1. The van der Waals surface area contributed by atoms with Crippen LogP contribution in [0.5, 0.6) is 0 Å². The van der Waals surface area contributed by atoms with Gasteiger partial charge >= 0.3 is 0 Å². The zero-order chi connectivity index (χ0) is 13.7. The zero-order valence-corrected chi connectivity index (χ0v) is 11.3. The molecule has 6 heteroatoms. The van der Waals surface area contributed by atoms with E-state index in [1.54, 1.807) is 14.2 Å². The van der Waals surface area contributed by atoms with Gasteiger partial charge in [0.1, 0.15) is 5.82 Å². The number of hydrogen-bond donors (Lipinski definition) is 1. The van der Waals surface area contributed by atoms with Gasteiger partial charge in [-0.3, -0.25) is 4.79 Å². The van der Waals surface area contributed by atoms with Crippen LogP contribution >= 0.6 is 0 Å². The van der Waals surface area contributed by atoms with E-state index in [2.05, 4.69) is 9.97 Å². The standard InChI is InChI=1S/C12H20N4O2/c1-8(2)11-14-7-9(13)10(15-11)12(17)16(3)5-6-18-4/h7-8H,5-6,13H2,1-4H3. The average Bonchev–Trinajstić information content (AvgIpc) is 2.35. The van der Waals surface area contributed by atoms with Crippen LogP contribution in [-0.4, -0.2) is 48.1 Å². The molecule has 0 atom stereocenters. The molecule has 0 aromatic carbocycles. The highest BCUT2D eigenvalue weighted by Gasteiger charge is 2.18. The van der Waals surface area contributed by atoms with Gasteiger partial charge in [-0.15, -0.1) is 0 Å². The van der Waals surface area contributed by atoms with Crippen molar-refractivity contribution in [3.8, 4) is 0 Å². The first-order valence-electron chi connectivity index (χ1n) is 5.84. The van der Waals surface area contributed by atoms with Crippen molar-refractivity contribution in [1.82, 2.24) is 14.9 Å². The Balaban J connectivity index is 2.93. The van der Waals surface area contributed by atoms with Crippen LogP contribution in [0.25, 0.3) is 0 Å². The average molecular weight is 252 g/mol. The van der Waals surface area contributed by atoms with E-state index < -0.39 is 0 Å². The minimum Gasteiger partial charge on any atom is -0.396 e. The molecule has 0 radical (unpaired) electrons. The van der Waals surface area contributed by atoms with E-state index in [0.29, 0.717) is 24.7 Å². The summed E-state index contributed by atoms with van der Waals surface area (Å²) in [7, 11) is 3.28. The summed E-state index contributed by atoms with van der Waals surface area (Å²) in [5.41, 5.74) is 6.31. The van der Waals surface area contributed by atoms with Crippen molar-refractivity contribution in [2.75, 3.05) is 33.0 Å². The summed E-state index contributed by atoms with van der Waals surface area (Å²) in [6.45, 7) is 4.91. The van der Waals surface area contributed by atoms with Gasteiger partial charge in [0.15, 0.2) is 5.69 Å². The van der Waals surface area contributed by atoms with E-state index in [4.69, 9.17) is 10.5 Å². The van der Waals surface area contributed by atoms with Crippen molar-refractivity contribution < 1.29 is 9.53 Å². The number of amides is 1. The van der Waals surface area contributed by atoms with E-state index in [1.807, 2.05) is 13.8 Å². The minimum absolute atomic E-state index is 0.154. The molecule has 1 heterocycles. The third-order valence-electron chi connectivity index (χ3n) is 2.53. The van der Waals surface area contributed by atoms with Gasteiger partial charge in [-0.05, 0) is 0 Å². The van der Waals surface area contributed by atoms with Crippen LogP contribution in [0.1, 0.15) is 36.1 Å². The Morgan fingerprint density at radius 1 is 1.56 bits per heavy atom. The molecule has 1 aromatic rings. The summed E-state index contributed by atoms with van der Waals surface area (Å²) in [4.78, 5) is 22.0. The first kappa shape index (κ1) is 14.4. The monoisotopic (exact) mass is 252 g/mol. The fourth-order valence-electron chi connectivity index (χ4n) is 1.36. The van der Waals surface area contributed by atoms with Gasteiger partial charge in [0.05, 0.1) is 18.5 Å². The van der Waals surface area contributed by atoms with E-state index in [0.717, 1.165) is 0 Å². The zero-order valence-electron chi connectivity index (χ0n) is 11.3. The third kappa shape index (κ3) is 3.40. The number of rotatable bonds is 5. The SMILES string of the molecule is COCCN(C)C(=O)c1nc(C(C)C)ncc1N. The predicted molar refractivity (Wildman–Crippen MR) is 69.4 cm³/mol. The maximum atomic E-state index is 12.1. The second-order valence-electron chi connectivity index (χ2n) is 4.41. The quantitative estimate of drug-likeness (QED) is 0.842. The van der Waals surface area contributed by atoms with Gasteiger partial charge in [-0.1, -0.05) is 13.8 Å². The van der Waals surface area contributed by atoms with Gasteiger partial charge in [-0.2, -0.15) is 0 Å². The number of methoxy groups -OCH3 is 1. The fraction of sp³-hybridized carbons (Fsp3) is 0.583. The van der Waals surface area contributed by atoms with Crippen molar-refractivity contribution in [1.29, 1.82) is 0 Å². The van der Waals surface area contributed by atoms with E-state index in [-0.39, 0.29) is 17.5 Å². The first-order valence-corrected chi connectivity index (χ1v) is 5.84. The topological polar surface area (TPSA) is 81.3 Å². The molecule has 0 unspecified atom stereocenters. The number of nitrogens with zero attached hydrogens (tertiary/aromatic N) is 3. The van der Waals surface area contributed by atoms with Crippen LogP contribution < -0.4 is 5.73 Å². The van der Waals surface area contributed by atoms with Gasteiger partial charge in [0.25, 0.3) is 5.91 Å². The highest BCUT2D eigenvalue weighted by molar-refractivity contribution is 5.96. The molecule has 0 bridgehead atoms. The summed E-state index contributed by atoms with van der Waals surface area (Å²) in [5, 5.41) is 0. The van der Waals surface area contributed by atoms with E-state index in [9.17, 15) is 4.79 Å². The molecule has 6 nitrogen and oxygen atoms in total. The largest absolute Gasteiger partial charge is 0.396 e. The molecule has 2 N–H and O–H groups in total. The highest BCUT2D eigenvalue weighted by Crippen LogP contribution is 2.14. The Labute approximate surface area is 107 Å². The first-order chi connectivity index (χ1) is 8.47. The number of aromatic nitrogens is 2. The van der Waals surface area contributed by atoms with Crippen LogP contribution in [0.3, 0.4) is 0 Å².